The molecule has 0 saturated heterocycles. The second-order valence-electron chi connectivity index (χ2n) is 11.5. The summed E-state index contributed by atoms with van der Waals surface area (Å²) in [5.41, 5.74) is 6.11. The van der Waals surface area contributed by atoms with Crippen molar-refractivity contribution in [1.82, 2.24) is 0 Å². The molecule has 0 heterocycles. The molecule has 0 aliphatic heterocycles. The van der Waals surface area contributed by atoms with Crippen LogP contribution in [0.4, 0.5) is 4.39 Å². The van der Waals surface area contributed by atoms with Crippen LogP contribution in [0.15, 0.2) is 41.1 Å². The average Bonchev–Trinajstić information content (AvgIpc) is 3.75. The first-order valence-corrected chi connectivity index (χ1v) is 14.4. The van der Waals surface area contributed by atoms with Crippen molar-refractivity contribution in [3.8, 4) is 5.75 Å². The molecule has 1 aromatic carbocycles. The summed E-state index contributed by atoms with van der Waals surface area (Å²) in [4.78, 5) is 12.9. The van der Waals surface area contributed by atoms with E-state index in [-0.39, 0.29) is 35.1 Å². The first kappa shape index (κ1) is 24.0. The molecule has 5 aliphatic carbocycles. The zero-order chi connectivity index (χ0) is 24.0. The minimum Gasteiger partial charge on any atom is -0.489 e. The van der Waals surface area contributed by atoms with Crippen molar-refractivity contribution in [1.29, 1.82) is 0 Å². The van der Waals surface area contributed by atoms with E-state index in [1.165, 1.54) is 12.8 Å². The molecule has 0 amide bonds. The SMILES string of the molecule is NC/C(=C\F)COc1ccc(S(=O)(=O)CC23CCC(C4(CC(=O)C5CC5)CC4)(CC2)CC3)cc1. The van der Waals surface area contributed by atoms with Crippen LogP contribution in [0.3, 0.4) is 0 Å². The van der Waals surface area contributed by atoms with E-state index in [0.717, 1.165) is 57.8 Å². The molecule has 7 heteroatoms. The highest BCUT2D eigenvalue weighted by Gasteiger charge is 2.64. The highest BCUT2D eigenvalue weighted by molar-refractivity contribution is 7.91. The lowest BCUT2D eigenvalue weighted by atomic mass is 9.49. The molecule has 5 aliphatic rings. The molecule has 0 atom stereocenters. The standard InChI is InChI=1S/C27H36FNO4S/c28-16-20(17-29)18-33-22-3-5-23(6-4-22)34(31,32)19-25-7-10-26(11-8-25,12-9-25)27(13-14-27)15-24(30)21-1-2-21/h3-6,16,21H,1-2,7-15,17-19,29H2/b20-16+. The number of ketones is 1. The third kappa shape index (κ3) is 4.46. The van der Waals surface area contributed by atoms with Gasteiger partial charge in [-0.25, -0.2) is 12.8 Å². The van der Waals surface area contributed by atoms with E-state index in [9.17, 15) is 17.6 Å². The molecule has 2 bridgehead atoms. The van der Waals surface area contributed by atoms with Crippen molar-refractivity contribution in [3.63, 3.8) is 0 Å². The molecule has 0 radical (unpaired) electrons. The maximum absolute atomic E-state index is 13.3. The minimum absolute atomic E-state index is 0.0394. The highest BCUT2D eigenvalue weighted by Crippen LogP contribution is 2.73. The summed E-state index contributed by atoms with van der Waals surface area (Å²) < 4.78 is 44.8. The second-order valence-corrected chi connectivity index (χ2v) is 13.5. The number of hydrogen-bond donors (Lipinski definition) is 1. The van der Waals surface area contributed by atoms with Gasteiger partial charge in [-0.3, -0.25) is 4.79 Å². The minimum atomic E-state index is -3.43. The quantitative estimate of drug-likeness (QED) is 0.465. The molecule has 1 aromatic rings. The molecule has 5 fully saturated rings. The number of fused-ring (bicyclic) bond motifs is 3. The molecule has 6 rings (SSSR count). The molecule has 186 valence electrons. The summed E-state index contributed by atoms with van der Waals surface area (Å²) in [5, 5.41) is 0. The number of sulfone groups is 1. The van der Waals surface area contributed by atoms with Gasteiger partial charge in [0.15, 0.2) is 9.84 Å². The van der Waals surface area contributed by atoms with Gasteiger partial charge in [-0.05, 0) is 105 Å². The molecule has 2 N–H and O–H groups in total. The fraction of sp³-hybridized carbons (Fsp3) is 0.667. The Kier molecular flexibility index (Phi) is 6.16. The summed E-state index contributed by atoms with van der Waals surface area (Å²) >= 11 is 0. The maximum atomic E-state index is 13.3. The summed E-state index contributed by atoms with van der Waals surface area (Å²) in [7, 11) is -3.43. The van der Waals surface area contributed by atoms with Gasteiger partial charge in [0.05, 0.1) is 17.0 Å². The lowest BCUT2D eigenvalue weighted by Gasteiger charge is -2.57. The number of rotatable bonds is 11. The number of carbonyl (C=O) groups is 1. The lowest BCUT2D eigenvalue weighted by molar-refractivity contribution is -0.125. The summed E-state index contributed by atoms with van der Waals surface area (Å²) in [5.74, 6) is 1.50. The first-order chi connectivity index (χ1) is 16.2. The smallest absolute Gasteiger partial charge is 0.178 e. The van der Waals surface area contributed by atoms with Crippen LogP contribution < -0.4 is 10.5 Å². The van der Waals surface area contributed by atoms with E-state index < -0.39 is 9.84 Å². The Hall–Kier alpha value is -1.73. The molecule has 5 nitrogen and oxygen atoms in total. The second kappa shape index (κ2) is 8.74. The van der Waals surface area contributed by atoms with E-state index in [4.69, 9.17) is 10.5 Å². The number of halogens is 1. The van der Waals surface area contributed by atoms with Crippen LogP contribution >= 0.6 is 0 Å². The van der Waals surface area contributed by atoms with E-state index in [1.807, 2.05) is 0 Å². The third-order valence-corrected chi connectivity index (χ3v) is 11.4. The van der Waals surface area contributed by atoms with Gasteiger partial charge >= 0.3 is 0 Å². The Morgan fingerprint density at radius 2 is 1.65 bits per heavy atom. The van der Waals surface area contributed by atoms with Crippen molar-refractivity contribution in [2.24, 2.45) is 27.9 Å². The van der Waals surface area contributed by atoms with Crippen molar-refractivity contribution in [3.05, 3.63) is 36.2 Å². The van der Waals surface area contributed by atoms with Crippen LogP contribution in [-0.4, -0.2) is 33.1 Å². The van der Waals surface area contributed by atoms with Crippen molar-refractivity contribution in [2.45, 2.75) is 75.5 Å². The molecule has 34 heavy (non-hydrogen) atoms. The molecule has 0 spiro atoms. The van der Waals surface area contributed by atoms with Crippen molar-refractivity contribution >= 4 is 15.6 Å². The van der Waals surface area contributed by atoms with E-state index >= 15 is 0 Å². The van der Waals surface area contributed by atoms with Crippen LogP contribution in [0, 0.1) is 22.2 Å². The van der Waals surface area contributed by atoms with Crippen LogP contribution in [0.5, 0.6) is 5.75 Å². The third-order valence-electron chi connectivity index (χ3n) is 9.45. The summed E-state index contributed by atoms with van der Waals surface area (Å²) in [6.07, 6.45) is 11.8. The fourth-order valence-corrected chi connectivity index (χ4v) is 8.70. The van der Waals surface area contributed by atoms with E-state index in [1.54, 1.807) is 24.3 Å². The fourth-order valence-electron chi connectivity index (χ4n) is 6.74. The van der Waals surface area contributed by atoms with Crippen LogP contribution in [0.1, 0.15) is 70.6 Å². The van der Waals surface area contributed by atoms with Gasteiger partial charge in [0.1, 0.15) is 18.1 Å². The van der Waals surface area contributed by atoms with Crippen molar-refractivity contribution < 1.29 is 22.3 Å². The highest BCUT2D eigenvalue weighted by atomic mass is 32.2. The Balaban J connectivity index is 1.21. The summed E-state index contributed by atoms with van der Waals surface area (Å²) in [6, 6.07) is 6.41. The van der Waals surface area contributed by atoms with Crippen molar-refractivity contribution in [2.75, 3.05) is 18.9 Å². The molecular weight excluding hydrogens is 453 g/mol. The van der Waals surface area contributed by atoms with Gasteiger partial charge < -0.3 is 10.5 Å². The number of nitrogens with two attached hydrogens (primary N) is 1. The predicted molar refractivity (Wildman–Crippen MR) is 129 cm³/mol. The lowest BCUT2D eigenvalue weighted by Crippen LogP contribution is -2.49. The number of ether oxygens (including phenoxy) is 1. The first-order valence-electron chi connectivity index (χ1n) is 12.7. The predicted octanol–water partition coefficient (Wildman–Crippen LogP) is 5.14. The van der Waals surface area contributed by atoms with Crippen LogP contribution in [0.2, 0.25) is 0 Å². The Morgan fingerprint density at radius 3 is 2.15 bits per heavy atom. The zero-order valence-electron chi connectivity index (χ0n) is 19.9. The number of benzene rings is 1. The maximum Gasteiger partial charge on any atom is 0.178 e. The Bertz CT molecular complexity index is 1050. The zero-order valence-corrected chi connectivity index (χ0v) is 20.7. The molecule has 0 aromatic heterocycles. The van der Waals surface area contributed by atoms with E-state index in [2.05, 4.69) is 0 Å². The number of hydrogen-bond acceptors (Lipinski definition) is 5. The van der Waals surface area contributed by atoms with Gasteiger partial charge in [0, 0.05) is 24.5 Å². The molecule has 0 unspecified atom stereocenters. The van der Waals surface area contributed by atoms with Crippen LogP contribution in [0.25, 0.3) is 0 Å². The van der Waals surface area contributed by atoms with Gasteiger partial charge in [-0.1, -0.05) is 0 Å². The summed E-state index contributed by atoms with van der Waals surface area (Å²) in [6.45, 7) is 0.113. The number of Topliss-reactive ketones (excluding diaryl/α,β-unsaturated/α-hetero) is 1. The Labute approximate surface area is 202 Å². The molecular formula is C27H36FNO4S. The average molecular weight is 490 g/mol. The topological polar surface area (TPSA) is 86.5 Å². The van der Waals surface area contributed by atoms with Crippen LogP contribution in [-0.2, 0) is 14.6 Å². The monoisotopic (exact) mass is 489 g/mol. The molecule has 5 saturated carbocycles. The van der Waals surface area contributed by atoms with E-state index in [0.29, 0.717) is 34.2 Å². The van der Waals surface area contributed by atoms with Gasteiger partial charge in [-0.2, -0.15) is 0 Å². The Morgan fingerprint density at radius 1 is 1.03 bits per heavy atom. The largest absolute Gasteiger partial charge is 0.489 e. The van der Waals surface area contributed by atoms with Gasteiger partial charge in [0.25, 0.3) is 0 Å². The normalized spacial score (nSPS) is 30.2. The number of carbonyl (C=O) groups excluding carboxylic acids is 1. The van der Waals surface area contributed by atoms with Gasteiger partial charge in [-0.15, -0.1) is 0 Å². The van der Waals surface area contributed by atoms with Gasteiger partial charge in [0.2, 0.25) is 0 Å².